The zero-order valence-electron chi connectivity index (χ0n) is 23.6. The van der Waals surface area contributed by atoms with Crippen LogP contribution in [0, 0.1) is 3.57 Å². The average Bonchev–Trinajstić information content (AvgIpc) is 2.81. The van der Waals surface area contributed by atoms with E-state index in [4.69, 9.17) is 9.05 Å². The van der Waals surface area contributed by atoms with Crippen LogP contribution < -0.4 is 0 Å². The number of phosphoric acid groups is 1. The van der Waals surface area contributed by atoms with Crippen LogP contribution >= 0.6 is 53.0 Å². The molecule has 2 atom stereocenters. The van der Waals surface area contributed by atoms with Gasteiger partial charge in [-0.25, -0.2) is 4.57 Å². The van der Waals surface area contributed by atoms with Gasteiger partial charge in [0.25, 0.3) is 0 Å². The van der Waals surface area contributed by atoms with Crippen LogP contribution in [0.2, 0.25) is 0 Å². The van der Waals surface area contributed by atoms with Gasteiger partial charge in [0.2, 0.25) is 0 Å². The summed E-state index contributed by atoms with van der Waals surface area (Å²) in [4.78, 5) is 9.86. The Kier molecular flexibility index (Phi) is 20.8. The van der Waals surface area contributed by atoms with E-state index in [-0.39, 0.29) is 10.7 Å². The van der Waals surface area contributed by atoms with E-state index < -0.39 is 7.82 Å². The number of unbranched alkanes of at least 4 members (excludes halogenated alkanes) is 14. The van der Waals surface area contributed by atoms with E-state index >= 15 is 0 Å². The monoisotopic (exact) mass is 764 g/mol. The second kappa shape index (κ2) is 21.5. The first-order valence-electron chi connectivity index (χ1n) is 14.4. The van der Waals surface area contributed by atoms with Gasteiger partial charge in [-0.3, -0.25) is 9.05 Å². The van der Waals surface area contributed by atoms with Gasteiger partial charge in [0.1, 0.15) is 17.3 Å². The molecule has 0 bridgehead atoms. The predicted octanol–water partition coefficient (Wildman–Crippen LogP) is 9.68. The number of aryl methyl sites for hydroxylation is 1. The van der Waals surface area contributed by atoms with Gasteiger partial charge in [0.15, 0.2) is 0 Å². The van der Waals surface area contributed by atoms with Crippen LogP contribution in [0.5, 0.6) is 0 Å². The Balaban J connectivity index is 1.82. The molecule has 0 saturated carbocycles. The van der Waals surface area contributed by atoms with Gasteiger partial charge in [-0.15, -0.1) is 0 Å². The number of halogens is 2. The van der Waals surface area contributed by atoms with Crippen LogP contribution in [0.1, 0.15) is 108 Å². The highest BCUT2D eigenvalue weighted by molar-refractivity contribution is 14.1. The standard InChI is InChI=1S/C29H52I2NO4P/c1-32(2,3)25-26-35-37(33,34)36-29(31)20-18-16-14-12-10-8-6-4-5-7-9-11-13-15-17-19-27-21-23-28(30)24-22-27/h21-24,29H,4-20,25-26H2,1-3H3/p+1. The molecule has 0 amide bonds. The molecule has 0 spiro atoms. The van der Waals surface area contributed by atoms with E-state index in [0.717, 1.165) is 19.3 Å². The summed E-state index contributed by atoms with van der Waals surface area (Å²) >= 11 is 4.47. The Morgan fingerprint density at radius 1 is 0.784 bits per heavy atom. The molecule has 216 valence electrons. The summed E-state index contributed by atoms with van der Waals surface area (Å²) in [5, 5.41) is 0. The Morgan fingerprint density at radius 2 is 1.22 bits per heavy atom. The number of hydrogen-bond acceptors (Lipinski definition) is 3. The minimum absolute atomic E-state index is 0.218. The van der Waals surface area contributed by atoms with Crippen molar-refractivity contribution in [2.45, 2.75) is 113 Å². The molecular formula is C29H53I2NO4P+. The Labute approximate surface area is 255 Å². The van der Waals surface area contributed by atoms with Gasteiger partial charge in [0.05, 0.1) is 21.1 Å². The molecule has 5 nitrogen and oxygen atoms in total. The second-order valence-corrected chi connectivity index (χ2v) is 15.3. The highest BCUT2D eigenvalue weighted by Gasteiger charge is 2.26. The number of likely N-dealkylation sites (N-methyl/N-ethyl adjacent to an activating group) is 1. The van der Waals surface area contributed by atoms with E-state index in [1.807, 2.05) is 21.1 Å². The molecule has 0 fully saturated rings. The molecule has 0 aliphatic heterocycles. The molecule has 0 saturated heterocycles. The van der Waals surface area contributed by atoms with Crippen LogP contribution in [-0.4, -0.2) is 47.8 Å². The molecule has 1 aromatic carbocycles. The number of rotatable bonds is 24. The van der Waals surface area contributed by atoms with Crippen molar-refractivity contribution in [2.24, 2.45) is 0 Å². The summed E-state index contributed by atoms with van der Waals surface area (Å²) in [6.45, 7) is 0.880. The molecule has 0 heterocycles. The fourth-order valence-electron chi connectivity index (χ4n) is 4.24. The maximum Gasteiger partial charge on any atom is 0.473 e. The summed E-state index contributed by atoms with van der Waals surface area (Å²) in [6, 6.07) is 8.95. The van der Waals surface area contributed by atoms with Crippen molar-refractivity contribution in [3.8, 4) is 0 Å². The maximum absolute atomic E-state index is 12.0. The van der Waals surface area contributed by atoms with Gasteiger partial charge in [0, 0.05) is 3.57 Å². The minimum Gasteiger partial charge on any atom is -0.329 e. The van der Waals surface area contributed by atoms with Crippen LogP contribution in [0.4, 0.5) is 0 Å². The van der Waals surface area contributed by atoms with Crippen LogP contribution in [0.3, 0.4) is 0 Å². The number of nitrogens with zero attached hydrogens (tertiary/aromatic N) is 1. The SMILES string of the molecule is C[N+](C)(C)CCOP(=O)(O)OC(I)CCCCCCCCCCCCCCCCCc1ccc(I)cc1. The minimum atomic E-state index is -3.96. The lowest BCUT2D eigenvalue weighted by molar-refractivity contribution is -0.870. The van der Waals surface area contributed by atoms with Crippen LogP contribution in [0.15, 0.2) is 24.3 Å². The molecule has 1 rings (SSSR count). The number of phosphoric ester groups is 1. The molecule has 0 aliphatic carbocycles. The molecule has 1 aromatic rings. The van der Waals surface area contributed by atoms with Gasteiger partial charge in [-0.2, -0.15) is 0 Å². The molecule has 0 aromatic heterocycles. The van der Waals surface area contributed by atoms with Crippen molar-refractivity contribution in [3.63, 3.8) is 0 Å². The van der Waals surface area contributed by atoms with E-state index in [1.165, 1.54) is 99.0 Å². The van der Waals surface area contributed by atoms with Crippen molar-refractivity contribution < 1.29 is 23.0 Å². The third-order valence-electron chi connectivity index (χ3n) is 6.57. The molecule has 0 aliphatic rings. The summed E-state index contributed by atoms with van der Waals surface area (Å²) in [6.07, 6.45) is 21.9. The number of alkyl halides is 1. The van der Waals surface area contributed by atoms with Crippen molar-refractivity contribution >= 4 is 53.0 Å². The van der Waals surface area contributed by atoms with E-state index in [9.17, 15) is 9.46 Å². The van der Waals surface area contributed by atoms with Gasteiger partial charge in [-0.05, 0) is 59.5 Å². The molecular weight excluding hydrogens is 711 g/mol. The number of benzene rings is 1. The first-order valence-corrected chi connectivity index (χ1v) is 18.2. The summed E-state index contributed by atoms with van der Waals surface area (Å²) < 4.78 is 24.1. The largest absolute Gasteiger partial charge is 0.473 e. The van der Waals surface area contributed by atoms with E-state index in [0.29, 0.717) is 11.0 Å². The Bertz CT molecular complexity index is 728. The third kappa shape index (κ3) is 23.2. The van der Waals surface area contributed by atoms with Crippen molar-refractivity contribution in [3.05, 3.63) is 33.4 Å². The number of quaternary nitrogens is 1. The third-order valence-corrected chi connectivity index (χ3v) is 9.60. The Morgan fingerprint density at radius 3 is 1.68 bits per heavy atom. The van der Waals surface area contributed by atoms with E-state index in [1.54, 1.807) is 0 Å². The lowest BCUT2D eigenvalue weighted by atomic mass is 10.0. The van der Waals surface area contributed by atoms with Crippen LogP contribution in [0.25, 0.3) is 0 Å². The van der Waals surface area contributed by atoms with Crippen LogP contribution in [-0.2, 0) is 20.0 Å². The topological polar surface area (TPSA) is 55.8 Å². The highest BCUT2D eigenvalue weighted by atomic mass is 127. The first-order chi connectivity index (χ1) is 17.6. The smallest absolute Gasteiger partial charge is 0.329 e. The summed E-state index contributed by atoms with van der Waals surface area (Å²) in [7, 11) is 2.10. The van der Waals surface area contributed by atoms with Gasteiger partial charge >= 0.3 is 7.82 Å². The normalized spacial score (nSPS) is 14.5. The van der Waals surface area contributed by atoms with Crippen molar-refractivity contribution in [1.82, 2.24) is 0 Å². The zero-order chi connectivity index (χ0) is 27.4. The van der Waals surface area contributed by atoms with Crippen molar-refractivity contribution in [2.75, 3.05) is 34.3 Å². The van der Waals surface area contributed by atoms with Gasteiger partial charge < -0.3 is 9.38 Å². The molecule has 37 heavy (non-hydrogen) atoms. The summed E-state index contributed by atoms with van der Waals surface area (Å²) in [5.74, 6) is 0. The number of hydrogen-bond donors (Lipinski definition) is 1. The Hall–Kier alpha value is 0.750. The first kappa shape index (κ1) is 35.8. The summed E-state index contributed by atoms with van der Waals surface area (Å²) in [5.41, 5.74) is 1.48. The average molecular weight is 765 g/mol. The molecule has 8 heteroatoms. The lowest BCUT2D eigenvalue weighted by Crippen LogP contribution is -2.37. The molecule has 1 N–H and O–H groups in total. The highest BCUT2D eigenvalue weighted by Crippen LogP contribution is 2.46. The second-order valence-electron chi connectivity index (χ2n) is 11.3. The maximum atomic E-state index is 12.0. The fraction of sp³-hybridized carbons (Fsp3) is 0.793. The molecule has 2 unspecified atom stereocenters. The predicted molar refractivity (Wildman–Crippen MR) is 174 cm³/mol. The molecule has 0 radical (unpaired) electrons. The quantitative estimate of drug-likeness (QED) is 0.0375. The van der Waals surface area contributed by atoms with Gasteiger partial charge in [-0.1, -0.05) is 125 Å². The lowest BCUT2D eigenvalue weighted by Gasteiger charge is -2.24. The van der Waals surface area contributed by atoms with E-state index in [2.05, 4.69) is 69.4 Å². The fourth-order valence-corrected chi connectivity index (χ4v) is 6.67. The van der Waals surface area contributed by atoms with Crippen molar-refractivity contribution in [1.29, 1.82) is 0 Å². The zero-order valence-corrected chi connectivity index (χ0v) is 28.9.